The van der Waals surface area contributed by atoms with Crippen LogP contribution in [0.4, 0.5) is 18.9 Å². The van der Waals surface area contributed by atoms with Gasteiger partial charge in [0.2, 0.25) is 0 Å². The molecule has 0 spiro atoms. The second kappa shape index (κ2) is 5.18. The molecule has 1 aromatic carbocycles. The van der Waals surface area contributed by atoms with Gasteiger partial charge in [-0.1, -0.05) is 0 Å². The van der Waals surface area contributed by atoms with Crippen molar-refractivity contribution in [1.82, 2.24) is 9.97 Å². The summed E-state index contributed by atoms with van der Waals surface area (Å²) in [6.07, 6.45) is -1.29. The van der Waals surface area contributed by atoms with E-state index in [1.807, 2.05) is 0 Å². The summed E-state index contributed by atoms with van der Waals surface area (Å²) in [4.78, 5) is 19.1. The molecule has 3 rings (SSSR count). The first kappa shape index (κ1) is 14.1. The van der Waals surface area contributed by atoms with E-state index in [9.17, 15) is 18.0 Å². The molecule has 0 unspecified atom stereocenters. The van der Waals surface area contributed by atoms with Crippen LogP contribution in [0.2, 0.25) is 0 Å². The highest BCUT2D eigenvalue weighted by atomic mass is 19.4. The Kier molecular flexibility index (Phi) is 3.32. The van der Waals surface area contributed by atoms with Crippen LogP contribution in [0.5, 0.6) is 0 Å². The highest BCUT2D eigenvalue weighted by Gasteiger charge is 2.29. The van der Waals surface area contributed by atoms with Gasteiger partial charge in [0, 0.05) is 23.5 Å². The molecular weight excluding hydrogens is 295 g/mol. The van der Waals surface area contributed by atoms with Crippen LogP contribution in [-0.2, 0) is 6.18 Å². The minimum Gasteiger partial charge on any atom is -0.346 e. The van der Waals surface area contributed by atoms with E-state index in [4.69, 9.17) is 0 Å². The van der Waals surface area contributed by atoms with E-state index < -0.39 is 17.6 Å². The van der Waals surface area contributed by atoms with Crippen LogP contribution in [0.3, 0.4) is 0 Å². The molecule has 3 aromatic rings. The highest BCUT2D eigenvalue weighted by Crippen LogP contribution is 2.29. The van der Waals surface area contributed by atoms with Gasteiger partial charge in [-0.2, -0.15) is 13.2 Å². The monoisotopic (exact) mass is 305 g/mol. The first-order chi connectivity index (χ1) is 10.4. The maximum atomic E-state index is 12.5. The molecule has 7 heteroatoms. The van der Waals surface area contributed by atoms with Crippen molar-refractivity contribution >= 4 is 22.6 Å². The van der Waals surface area contributed by atoms with Crippen LogP contribution in [0.1, 0.15) is 15.9 Å². The van der Waals surface area contributed by atoms with E-state index in [0.717, 1.165) is 17.5 Å². The molecule has 0 saturated carbocycles. The zero-order valence-corrected chi connectivity index (χ0v) is 11.1. The molecule has 22 heavy (non-hydrogen) atoms. The van der Waals surface area contributed by atoms with Gasteiger partial charge in [0.15, 0.2) is 0 Å². The number of halogens is 3. The molecule has 1 amide bonds. The quantitative estimate of drug-likeness (QED) is 0.756. The van der Waals surface area contributed by atoms with Crippen LogP contribution in [-0.4, -0.2) is 15.9 Å². The minimum absolute atomic E-state index is 0.284. The Morgan fingerprint density at radius 2 is 1.86 bits per heavy atom. The van der Waals surface area contributed by atoms with Gasteiger partial charge in [0.25, 0.3) is 5.91 Å². The van der Waals surface area contributed by atoms with Crippen molar-refractivity contribution in [2.24, 2.45) is 0 Å². The molecule has 0 fully saturated rings. The molecule has 0 bridgehead atoms. The Morgan fingerprint density at radius 1 is 1.14 bits per heavy atom. The first-order valence-electron chi connectivity index (χ1n) is 6.35. The molecular formula is C15H10F3N3O. The van der Waals surface area contributed by atoms with Gasteiger partial charge in [0.05, 0.1) is 11.1 Å². The topological polar surface area (TPSA) is 57.8 Å². The summed E-state index contributed by atoms with van der Waals surface area (Å²) < 4.78 is 37.4. The number of alkyl halides is 3. The number of carbonyl (C=O) groups excluding carboxylic acids is 1. The number of hydrogen-bond donors (Lipinski definition) is 2. The van der Waals surface area contributed by atoms with Gasteiger partial charge >= 0.3 is 6.18 Å². The van der Waals surface area contributed by atoms with E-state index in [1.54, 1.807) is 18.3 Å². The van der Waals surface area contributed by atoms with E-state index in [1.165, 1.54) is 18.3 Å². The van der Waals surface area contributed by atoms with E-state index in [0.29, 0.717) is 11.2 Å². The van der Waals surface area contributed by atoms with Gasteiger partial charge < -0.3 is 10.3 Å². The third-order valence-corrected chi connectivity index (χ3v) is 3.13. The number of pyridine rings is 1. The molecule has 4 nitrogen and oxygen atoms in total. The number of hydrogen-bond acceptors (Lipinski definition) is 2. The van der Waals surface area contributed by atoms with Crippen molar-refractivity contribution < 1.29 is 18.0 Å². The second-order valence-corrected chi connectivity index (χ2v) is 4.67. The summed E-state index contributed by atoms with van der Waals surface area (Å²) in [5.41, 5.74) is 0.506. The normalized spacial score (nSPS) is 11.6. The number of carbonyl (C=O) groups is 1. The van der Waals surface area contributed by atoms with Crippen molar-refractivity contribution in [3.8, 4) is 0 Å². The number of fused-ring (bicyclic) bond motifs is 1. The third-order valence-electron chi connectivity index (χ3n) is 3.13. The summed E-state index contributed by atoms with van der Waals surface area (Å²) in [6, 6.07) is 7.69. The predicted octanol–water partition coefficient (Wildman–Crippen LogP) is 3.83. The number of anilines is 1. The lowest BCUT2D eigenvalue weighted by Gasteiger charge is -2.08. The Balaban J connectivity index is 1.78. The lowest BCUT2D eigenvalue weighted by Crippen LogP contribution is -2.12. The summed E-state index contributed by atoms with van der Waals surface area (Å²) >= 11 is 0. The number of H-pyrrole nitrogens is 1. The van der Waals surface area contributed by atoms with Crippen molar-refractivity contribution in [2.45, 2.75) is 6.18 Å². The van der Waals surface area contributed by atoms with Crippen LogP contribution >= 0.6 is 0 Å². The van der Waals surface area contributed by atoms with Crippen LogP contribution < -0.4 is 5.32 Å². The van der Waals surface area contributed by atoms with E-state index in [2.05, 4.69) is 15.3 Å². The zero-order chi connectivity index (χ0) is 15.7. The molecule has 0 atom stereocenters. The minimum atomic E-state index is -4.40. The largest absolute Gasteiger partial charge is 0.416 e. The number of aromatic amines is 1. The van der Waals surface area contributed by atoms with E-state index >= 15 is 0 Å². The van der Waals surface area contributed by atoms with Gasteiger partial charge in [-0.15, -0.1) is 0 Å². The lowest BCUT2D eigenvalue weighted by molar-refractivity contribution is -0.137. The fourth-order valence-electron chi connectivity index (χ4n) is 2.01. The average molecular weight is 305 g/mol. The molecule has 2 N–H and O–H groups in total. The van der Waals surface area contributed by atoms with Crippen molar-refractivity contribution in [3.05, 3.63) is 59.9 Å². The standard InChI is InChI=1S/C15H10F3N3O/c16-15(17,18)11-1-3-12(4-2-11)21-14(22)10-7-9-5-6-19-13(9)20-8-10/h1-8H,(H,19,20)(H,21,22). The Bertz CT molecular complexity index is 822. The van der Waals surface area contributed by atoms with Gasteiger partial charge in [-0.3, -0.25) is 4.79 Å². The zero-order valence-electron chi connectivity index (χ0n) is 11.1. The van der Waals surface area contributed by atoms with Crippen LogP contribution in [0.15, 0.2) is 48.8 Å². The lowest BCUT2D eigenvalue weighted by atomic mass is 10.2. The maximum absolute atomic E-state index is 12.5. The summed E-state index contributed by atoms with van der Waals surface area (Å²) in [7, 11) is 0. The van der Waals surface area contributed by atoms with Crippen molar-refractivity contribution in [1.29, 1.82) is 0 Å². The number of benzene rings is 1. The molecule has 2 aromatic heterocycles. The number of rotatable bonds is 2. The number of amides is 1. The van der Waals surface area contributed by atoms with Crippen molar-refractivity contribution in [2.75, 3.05) is 5.32 Å². The summed E-state index contributed by atoms with van der Waals surface area (Å²) in [5.74, 6) is -0.435. The van der Waals surface area contributed by atoms with Crippen molar-refractivity contribution in [3.63, 3.8) is 0 Å². The number of nitrogens with zero attached hydrogens (tertiary/aromatic N) is 1. The van der Waals surface area contributed by atoms with Gasteiger partial charge in [0.1, 0.15) is 5.65 Å². The van der Waals surface area contributed by atoms with Crippen LogP contribution in [0.25, 0.3) is 11.0 Å². The highest BCUT2D eigenvalue weighted by molar-refractivity contribution is 6.05. The molecule has 2 heterocycles. The predicted molar refractivity (Wildman–Crippen MR) is 75.5 cm³/mol. The van der Waals surface area contributed by atoms with E-state index in [-0.39, 0.29) is 5.69 Å². The molecule has 0 radical (unpaired) electrons. The summed E-state index contributed by atoms with van der Waals surface area (Å²) in [5, 5.41) is 3.32. The molecule has 0 saturated heterocycles. The summed E-state index contributed by atoms with van der Waals surface area (Å²) in [6.45, 7) is 0. The molecule has 0 aliphatic carbocycles. The Morgan fingerprint density at radius 3 is 2.55 bits per heavy atom. The number of nitrogens with one attached hydrogen (secondary N) is 2. The third kappa shape index (κ3) is 2.78. The average Bonchev–Trinajstić information content (AvgIpc) is 2.94. The maximum Gasteiger partial charge on any atom is 0.416 e. The molecule has 112 valence electrons. The SMILES string of the molecule is O=C(Nc1ccc(C(F)(F)F)cc1)c1cnc2[nH]ccc2c1. The van der Waals surface area contributed by atoms with Crippen LogP contribution in [0, 0.1) is 0 Å². The molecule has 0 aliphatic rings. The van der Waals surface area contributed by atoms with Gasteiger partial charge in [-0.05, 0) is 36.4 Å². The second-order valence-electron chi connectivity index (χ2n) is 4.67. The Labute approximate surface area is 123 Å². The Hall–Kier alpha value is -2.83. The van der Waals surface area contributed by atoms with Gasteiger partial charge in [-0.25, -0.2) is 4.98 Å². The first-order valence-corrected chi connectivity index (χ1v) is 6.35. The fraction of sp³-hybridized carbons (Fsp3) is 0.0667. The smallest absolute Gasteiger partial charge is 0.346 e. The fourth-order valence-corrected chi connectivity index (χ4v) is 2.01. The molecule has 0 aliphatic heterocycles. The number of aromatic nitrogens is 2.